The first-order chi connectivity index (χ1) is 8.99. The van der Waals surface area contributed by atoms with Gasteiger partial charge in [0, 0.05) is 30.7 Å². The summed E-state index contributed by atoms with van der Waals surface area (Å²) in [5.74, 6) is 0. The van der Waals surface area contributed by atoms with Crippen molar-refractivity contribution in [1.82, 2.24) is 15.1 Å². The highest BCUT2D eigenvalue weighted by molar-refractivity contribution is 4.87. The van der Waals surface area contributed by atoms with E-state index in [-0.39, 0.29) is 0 Å². The molecule has 112 valence electrons. The Hall–Kier alpha value is -0.120. The summed E-state index contributed by atoms with van der Waals surface area (Å²) < 4.78 is 0. The Morgan fingerprint density at radius 3 is 1.79 bits per heavy atom. The fraction of sp³-hybridized carbons (Fsp3) is 1.00. The zero-order valence-electron chi connectivity index (χ0n) is 13.4. The van der Waals surface area contributed by atoms with Crippen molar-refractivity contribution in [1.29, 1.82) is 0 Å². The van der Waals surface area contributed by atoms with Crippen LogP contribution in [0.25, 0.3) is 0 Å². The van der Waals surface area contributed by atoms with Crippen LogP contribution in [0.2, 0.25) is 0 Å². The molecule has 0 aromatic heterocycles. The van der Waals surface area contributed by atoms with E-state index >= 15 is 0 Å². The minimum atomic E-state index is 0.345. The lowest BCUT2D eigenvalue weighted by atomic mass is 9.96. The van der Waals surface area contributed by atoms with Crippen molar-refractivity contribution in [3.63, 3.8) is 0 Å². The molecule has 0 saturated carbocycles. The summed E-state index contributed by atoms with van der Waals surface area (Å²) in [7, 11) is 0. The topological polar surface area (TPSA) is 18.5 Å². The van der Waals surface area contributed by atoms with Crippen LogP contribution < -0.4 is 5.32 Å². The van der Waals surface area contributed by atoms with Gasteiger partial charge in [0.25, 0.3) is 0 Å². The molecule has 2 aliphatic rings. The van der Waals surface area contributed by atoms with Gasteiger partial charge in [-0.2, -0.15) is 0 Å². The van der Waals surface area contributed by atoms with Crippen LogP contribution in [-0.2, 0) is 0 Å². The summed E-state index contributed by atoms with van der Waals surface area (Å²) in [4.78, 5) is 5.20. The standard InChI is InChI=1S/C16H33N3/c1-5-18-10-6-14(7-11-18)17-15-8-12-19(13-9-15)16(2,3)4/h14-15,17H,5-13H2,1-4H3. The monoisotopic (exact) mass is 267 g/mol. The van der Waals surface area contributed by atoms with Crippen LogP contribution in [0.1, 0.15) is 53.4 Å². The Labute approximate surface area is 119 Å². The number of likely N-dealkylation sites (tertiary alicyclic amines) is 2. The predicted octanol–water partition coefficient (Wildman–Crippen LogP) is 2.32. The highest BCUT2D eigenvalue weighted by atomic mass is 15.2. The molecule has 2 rings (SSSR count). The second-order valence-electron chi connectivity index (χ2n) is 7.31. The van der Waals surface area contributed by atoms with Crippen molar-refractivity contribution in [2.45, 2.75) is 71.0 Å². The highest BCUT2D eigenvalue weighted by Crippen LogP contribution is 2.21. The van der Waals surface area contributed by atoms with E-state index < -0.39 is 0 Å². The van der Waals surface area contributed by atoms with E-state index in [1.54, 1.807) is 0 Å². The summed E-state index contributed by atoms with van der Waals surface area (Å²) in [6.07, 6.45) is 5.33. The highest BCUT2D eigenvalue weighted by Gasteiger charge is 2.28. The molecular formula is C16H33N3. The maximum Gasteiger partial charge on any atom is 0.0125 e. The van der Waals surface area contributed by atoms with Gasteiger partial charge in [-0.15, -0.1) is 0 Å². The molecular weight excluding hydrogens is 234 g/mol. The van der Waals surface area contributed by atoms with Gasteiger partial charge in [-0.05, 0) is 66.1 Å². The Morgan fingerprint density at radius 1 is 0.895 bits per heavy atom. The number of nitrogens with zero attached hydrogens (tertiary/aromatic N) is 2. The minimum Gasteiger partial charge on any atom is -0.311 e. The average Bonchev–Trinajstić information content (AvgIpc) is 2.39. The van der Waals surface area contributed by atoms with Gasteiger partial charge < -0.3 is 10.2 Å². The Kier molecular flexibility index (Phi) is 5.27. The van der Waals surface area contributed by atoms with E-state index in [1.807, 2.05) is 0 Å². The lowest BCUT2D eigenvalue weighted by Crippen LogP contribution is -2.53. The third kappa shape index (κ3) is 4.44. The Morgan fingerprint density at radius 2 is 1.37 bits per heavy atom. The van der Waals surface area contributed by atoms with Gasteiger partial charge in [0.15, 0.2) is 0 Å². The van der Waals surface area contributed by atoms with Crippen LogP contribution in [-0.4, -0.2) is 60.1 Å². The quantitative estimate of drug-likeness (QED) is 0.846. The van der Waals surface area contributed by atoms with Gasteiger partial charge in [0.2, 0.25) is 0 Å². The molecule has 0 unspecified atom stereocenters. The van der Waals surface area contributed by atoms with E-state index in [2.05, 4.69) is 42.8 Å². The molecule has 0 aromatic rings. The van der Waals surface area contributed by atoms with Crippen molar-refractivity contribution in [3.05, 3.63) is 0 Å². The summed E-state index contributed by atoms with van der Waals surface area (Å²) in [5, 5.41) is 3.92. The van der Waals surface area contributed by atoms with Crippen LogP contribution in [0, 0.1) is 0 Å². The van der Waals surface area contributed by atoms with E-state index in [9.17, 15) is 0 Å². The zero-order chi connectivity index (χ0) is 13.9. The number of piperidine rings is 2. The first kappa shape index (κ1) is 15.3. The number of nitrogens with one attached hydrogen (secondary N) is 1. The fourth-order valence-electron chi connectivity index (χ4n) is 3.47. The summed E-state index contributed by atoms with van der Waals surface area (Å²) in [6, 6.07) is 1.53. The molecule has 0 aromatic carbocycles. The van der Waals surface area contributed by atoms with Crippen LogP contribution >= 0.6 is 0 Å². The summed E-state index contributed by atoms with van der Waals surface area (Å²) in [5.41, 5.74) is 0.345. The van der Waals surface area contributed by atoms with Crippen LogP contribution in [0.3, 0.4) is 0 Å². The first-order valence-corrected chi connectivity index (χ1v) is 8.22. The Bertz CT molecular complexity index is 256. The third-order valence-corrected chi connectivity index (χ3v) is 4.95. The zero-order valence-corrected chi connectivity index (χ0v) is 13.4. The molecule has 2 heterocycles. The second-order valence-corrected chi connectivity index (χ2v) is 7.31. The van der Waals surface area contributed by atoms with Gasteiger partial charge in [0.1, 0.15) is 0 Å². The van der Waals surface area contributed by atoms with Gasteiger partial charge >= 0.3 is 0 Å². The van der Waals surface area contributed by atoms with Gasteiger partial charge in [0.05, 0.1) is 0 Å². The van der Waals surface area contributed by atoms with E-state index in [0.717, 1.165) is 12.1 Å². The molecule has 3 nitrogen and oxygen atoms in total. The molecule has 19 heavy (non-hydrogen) atoms. The molecule has 1 N–H and O–H groups in total. The largest absolute Gasteiger partial charge is 0.311 e. The van der Waals surface area contributed by atoms with Crippen molar-refractivity contribution in [3.8, 4) is 0 Å². The average molecular weight is 267 g/mol. The SMILES string of the molecule is CCN1CCC(NC2CCN(C(C)(C)C)CC2)CC1. The molecule has 0 aliphatic carbocycles. The lowest BCUT2D eigenvalue weighted by molar-refractivity contribution is 0.0897. The number of hydrogen-bond donors (Lipinski definition) is 1. The summed E-state index contributed by atoms with van der Waals surface area (Å²) in [6.45, 7) is 15.6. The molecule has 0 spiro atoms. The van der Waals surface area contributed by atoms with Crippen molar-refractivity contribution < 1.29 is 0 Å². The normalized spacial score (nSPS) is 25.9. The van der Waals surface area contributed by atoms with E-state index in [0.29, 0.717) is 5.54 Å². The summed E-state index contributed by atoms with van der Waals surface area (Å²) >= 11 is 0. The van der Waals surface area contributed by atoms with E-state index in [1.165, 1.54) is 58.4 Å². The van der Waals surface area contributed by atoms with Crippen LogP contribution in [0.4, 0.5) is 0 Å². The fourth-order valence-corrected chi connectivity index (χ4v) is 3.47. The van der Waals surface area contributed by atoms with Crippen molar-refractivity contribution in [2.24, 2.45) is 0 Å². The third-order valence-electron chi connectivity index (χ3n) is 4.95. The minimum absolute atomic E-state index is 0.345. The lowest BCUT2D eigenvalue weighted by Gasteiger charge is -2.42. The van der Waals surface area contributed by atoms with Gasteiger partial charge in [-0.3, -0.25) is 4.90 Å². The maximum absolute atomic E-state index is 3.92. The smallest absolute Gasteiger partial charge is 0.0125 e. The second kappa shape index (κ2) is 6.55. The van der Waals surface area contributed by atoms with Crippen molar-refractivity contribution in [2.75, 3.05) is 32.7 Å². The van der Waals surface area contributed by atoms with E-state index in [4.69, 9.17) is 0 Å². The Balaban J connectivity index is 1.69. The first-order valence-electron chi connectivity index (χ1n) is 8.22. The van der Waals surface area contributed by atoms with Gasteiger partial charge in [-0.25, -0.2) is 0 Å². The molecule has 3 heteroatoms. The number of hydrogen-bond acceptors (Lipinski definition) is 3. The molecule has 2 aliphatic heterocycles. The predicted molar refractivity (Wildman–Crippen MR) is 82.6 cm³/mol. The number of rotatable bonds is 3. The molecule has 0 amide bonds. The van der Waals surface area contributed by atoms with Gasteiger partial charge in [-0.1, -0.05) is 6.92 Å². The maximum atomic E-state index is 3.92. The molecule has 2 fully saturated rings. The van der Waals surface area contributed by atoms with Crippen molar-refractivity contribution >= 4 is 0 Å². The van der Waals surface area contributed by atoms with Crippen LogP contribution in [0.15, 0.2) is 0 Å². The molecule has 0 atom stereocenters. The molecule has 0 radical (unpaired) electrons. The molecule has 0 bridgehead atoms. The van der Waals surface area contributed by atoms with Crippen LogP contribution in [0.5, 0.6) is 0 Å². The molecule has 2 saturated heterocycles.